The monoisotopic (exact) mass is 294 g/mol. The molecular weight excluding hydrogens is 280 g/mol. The minimum atomic E-state index is -0.504. The van der Waals surface area contributed by atoms with E-state index in [0.717, 1.165) is 4.90 Å². The molecule has 0 saturated carbocycles. The van der Waals surface area contributed by atoms with E-state index in [-0.39, 0.29) is 28.6 Å². The molecule has 3 amide bonds. The first-order valence-electron chi connectivity index (χ1n) is 6.43. The highest BCUT2D eigenvalue weighted by atomic mass is 35.5. The summed E-state index contributed by atoms with van der Waals surface area (Å²) in [4.78, 5) is 38.9. The molecule has 1 aliphatic rings. The summed E-state index contributed by atoms with van der Waals surface area (Å²) in [6.45, 7) is 4.53. The Morgan fingerprint density at radius 3 is 2.40 bits per heavy atom. The van der Waals surface area contributed by atoms with E-state index < -0.39 is 11.8 Å². The molecule has 1 aliphatic heterocycles. The van der Waals surface area contributed by atoms with Crippen LogP contribution in [0.3, 0.4) is 0 Å². The molecule has 1 aromatic carbocycles. The van der Waals surface area contributed by atoms with Gasteiger partial charge in [-0.2, -0.15) is 0 Å². The van der Waals surface area contributed by atoms with Crippen LogP contribution in [0.25, 0.3) is 0 Å². The molecule has 0 N–H and O–H groups in total. The second kappa shape index (κ2) is 5.63. The second-order valence-electron chi connectivity index (χ2n) is 4.42. The summed E-state index contributed by atoms with van der Waals surface area (Å²) in [6, 6.07) is 4.71. The summed E-state index contributed by atoms with van der Waals surface area (Å²) in [7, 11) is 0. The fourth-order valence-corrected chi connectivity index (χ4v) is 2.50. The number of benzene rings is 1. The molecule has 1 heterocycles. The van der Waals surface area contributed by atoms with Gasteiger partial charge in [0.25, 0.3) is 11.8 Å². The number of amides is 3. The zero-order valence-corrected chi connectivity index (χ0v) is 12.1. The van der Waals surface area contributed by atoms with Crippen molar-refractivity contribution < 1.29 is 14.4 Å². The van der Waals surface area contributed by atoms with Crippen LogP contribution in [0.1, 0.15) is 34.6 Å². The van der Waals surface area contributed by atoms with Gasteiger partial charge in [-0.05, 0) is 26.0 Å². The lowest BCUT2D eigenvalue weighted by atomic mass is 10.1. The van der Waals surface area contributed by atoms with Crippen LogP contribution < -0.4 is 0 Å². The Kier molecular flexibility index (Phi) is 4.09. The predicted molar refractivity (Wildman–Crippen MR) is 74.7 cm³/mol. The van der Waals surface area contributed by atoms with Gasteiger partial charge in [-0.15, -0.1) is 0 Å². The summed E-state index contributed by atoms with van der Waals surface area (Å²) in [5.74, 6) is -1.22. The van der Waals surface area contributed by atoms with Crippen molar-refractivity contribution in [2.45, 2.75) is 13.8 Å². The predicted octanol–water partition coefficient (Wildman–Crippen LogP) is 1.80. The van der Waals surface area contributed by atoms with Crippen molar-refractivity contribution in [2.24, 2.45) is 0 Å². The summed E-state index contributed by atoms with van der Waals surface area (Å²) in [6.07, 6.45) is 0. The van der Waals surface area contributed by atoms with Crippen LogP contribution in [0.15, 0.2) is 18.2 Å². The van der Waals surface area contributed by atoms with Crippen LogP contribution in [0.4, 0.5) is 0 Å². The number of fused-ring (bicyclic) bond motifs is 1. The Balaban J connectivity index is 2.25. The van der Waals surface area contributed by atoms with Crippen LogP contribution in [0.5, 0.6) is 0 Å². The molecule has 0 fully saturated rings. The summed E-state index contributed by atoms with van der Waals surface area (Å²) in [5, 5.41) is 0.235. The molecule has 0 spiro atoms. The lowest BCUT2D eigenvalue weighted by molar-refractivity contribution is -0.131. The number of nitrogens with zero attached hydrogens (tertiary/aromatic N) is 2. The number of carbonyl (C=O) groups is 3. The summed E-state index contributed by atoms with van der Waals surface area (Å²) in [5.41, 5.74) is 0.446. The third kappa shape index (κ3) is 2.29. The van der Waals surface area contributed by atoms with E-state index in [1.54, 1.807) is 23.1 Å². The van der Waals surface area contributed by atoms with Gasteiger partial charge < -0.3 is 4.90 Å². The van der Waals surface area contributed by atoms with E-state index in [2.05, 4.69) is 0 Å². The van der Waals surface area contributed by atoms with Crippen molar-refractivity contribution in [1.29, 1.82) is 0 Å². The van der Waals surface area contributed by atoms with E-state index in [1.807, 2.05) is 13.8 Å². The molecule has 5 nitrogen and oxygen atoms in total. The fourth-order valence-electron chi connectivity index (χ4n) is 2.25. The highest BCUT2D eigenvalue weighted by Crippen LogP contribution is 2.28. The minimum absolute atomic E-state index is 0.187. The number of carbonyl (C=O) groups excluding carboxylic acids is 3. The maximum Gasteiger partial charge on any atom is 0.263 e. The van der Waals surface area contributed by atoms with E-state index in [1.165, 1.54) is 0 Å². The highest BCUT2D eigenvalue weighted by Gasteiger charge is 2.38. The summed E-state index contributed by atoms with van der Waals surface area (Å²) >= 11 is 5.95. The number of likely N-dealkylation sites (N-methyl/N-ethyl adjacent to an activating group) is 1. The van der Waals surface area contributed by atoms with E-state index in [0.29, 0.717) is 13.1 Å². The molecule has 106 valence electrons. The molecular formula is C14H15ClN2O3. The van der Waals surface area contributed by atoms with E-state index >= 15 is 0 Å². The first-order chi connectivity index (χ1) is 9.51. The van der Waals surface area contributed by atoms with Crippen LogP contribution >= 0.6 is 11.6 Å². The molecule has 0 aromatic heterocycles. The SMILES string of the molecule is CCN(CC)C(=O)CN1C(=O)c2cccc(Cl)c2C1=O. The summed E-state index contributed by atoms with van der Waals surface area (Å²) < 4.78 is 0. The van der Waals surface area contributed by atoms with Crippen LogP contribution in [-0.4, -0.2) is 47.2 Å². The molecule has 0 radical (unpaired) electrons. The molecule has 0 bridgehead atoms. The van der Waals surface area contributed by atoms with E-state index in [9.17, 15) is 14.4 Å². The van der Waals surface area contributed by atoms with Crippen LogP contribution in [-0.2, 0) is 4.79 Å². The Morgan fingerprint density at radius 2 is 1.85 bits per heavy atom. The molecule has 0 unspecified atom stereocenters. The Hall–Kier alpha value is -1.88. The molecule has 1 aromatic rings. The van der Waals surface area contributed by atoms with Gasteiger partial charge in [-0.3, -0.25) is 19.3 Å². The average molecular weight is 295 g/mol. The van der Waals surface area contributed by atoms with Gasteiger partial charge >= 0.3 is 0 Å². The first kappa shape index (κ1) is 14.5. The maximum atomic E-state index is 12.2. The molecule has 0 saturated heterocycles. The van der Waals surface area contributed by atoms with Gasteiger partial charge in [-0.25, -0.2) is 0 Å². The first-order valence-corrected chi connectivity index (χ1v) is 6.81. The van der Waals surface area contributed by atoms with Crippen molar-refractivity contribution in [3.63, 3.8) is 0 Å². The van der Waals surface area contributed by atoms with Gasteiger partial charge in [0.1, 0.15) is 6.54 Å². The Morgan fingerprint density at radius 1 is 1.20 bits per heavy atom. The van der Waals surface area contributed by atoms with Crippen molar-refractivity contribution in [1.82, 2.24) is 9.80 Å². The van der Waals surface area contributed by atoms with Gasteiger partial charge in [0.15, 0.2) is 0 Å². The van der Waals surface area contributed by atoms with Crippen LogP contribution in [0.2, 0.25) is 5.02 Å². The normalized spacial score (nSPS) is 13.7. The van der Waals surface area contributed by atoms with Crippen molar-refractivity contribution in [3.8, 4) is 0 Å². The van der Waals surface area contributed by atoms with Gasteiger partial charge in [-0.1, -0.05) is 17.7 Å². The lowest BCUT2D eigenvalue weighted by Crippen LogP contribution is -2.42. The molecule has 0 atom stereocenters. The number of hydrogen-bond acceptors (Lipinski definition) is 3. The smallest absolute Gasteiger partial charge is 0.263 e. The third-order valence-electron chi connectivity index (χ3n) is 3.36. The van der Waals surface area contributed by atoms with Gasteiger partial charge in [0.2, 0.25) is 5.91 Å². The fraction of sp³-hybridized carbons (Fsp3) is 0.357. The minimum Gasteiger partial charge on any atom is -0.342 e. The van der Waals surface area contributed by atoms with Crippen molar-refractivity contribution in [2.75, 3.05) is 19.6 Å². The van der Waals surface area contributed by atoms with Crippen molar-refractivity contribution >= 4 is 29.3 Å². The van der Waals surface area contributed by atoms with Gasteiger partial charge in [0.05, 0.1) is 16.1 Å². The molecule has 6 heteroatoms. The zero-order valence-electron chi connectivity index (χ0n) is 11.4. The van der Waals surface area contributed by atoms with E-state index in [4.69, 9.17) is 11.6 Å². The zero-order chi connectivity index (χ0) is 14.9. The number of imide groups is 1. The van der Waals surface area contributed by atoms with Crippen molar-refractivity contribution in [3.05, 3.63) is 34.3 Å². The molecule has 20 heavy (non-hydrogen) atoms. The number of hydrogen-bond donors (Lipinski definition) is 0. The Bertz CT molecular complexity index is 582. The quantitative estimate of drug-likeness (QED) is 0.796. The average Bonchev–Trinajstić information content (AvgIpc) is 2.66. The van der Waals surface area contributed by atoms with Gasteiger partial charge in [0, 0.05) is 13.1 Å². The largest absolute Gasteiger partial charge is 0.342 e. The Labute approximate surface area is 122 Å². The number of halogens is 1. The highest BCUT2D eigenvalue weighted by molar-refractivity contribution is 6.37. The van der Waals surface area contributed by atoms with Crippen LogP contribution in [0, 0.1) is 0 Å². The standard InChI is InChI=1S/C14H15ClN2O3/c1-3-16(4-2)11(18)8-17-13(19)9-6-5-7-10(15)12(9)14(17)20/h5-7H,3-4,8H2,1-2H3. The topological polar surface area (TPSA) is 57.7 Å². The maximum absolute atomic E-state index is 12.2. The molecule has 0 aliphatic carbocycles. The second-order valence-corrected chi connectivity index (χ2v) is 4.83. The lowest BCUT2D eigenvalue weighted by Gasteiger charge is -2.21. The molecule has 2 rings (SSSR count). The number of rotatable bonds is 4. The third-order valence-corrected chi connectivity index (χ3v) is 3.67.